The molecule has 0 amide bonds. The summed E-state index contributed by atoms with van der Waals surface area (Å²) in [4.78, 5) is 20.6. The number of nitrogens with zero attached hydrogens (tertiary/aromatic N) is 6. The second kappa shape index (κ2) is 10.2. The van der Waals surface area contributed by atoms with Crippen LogP contribution in [0.15, 0.2) is 59.9 Å². The summed E-state index contributed by atoms with van der Waals surface area (Å²) in [6.45, 7) is 5.28. The molecular weight excluding hydrogens is 428 g/mol. The van der Waals surface area contributed by atoms with E-state index in [9.17, 15) is 0 Å². The van der Waals surface area contributed by atoms with Crippen molar-refractivity contribution in [2.24, 2.45) is 4.99 Å². The Morgan fingerprint density at radius 3 is 2.56 bits per heavy atom. The number of fused-ring (bicyclic) bond motifs is 1. The first-order valence-corrected chi connectivity index (χ1v) is 11.6. The van der Waals surface area contributed by atoms with Crippen molar-refractivity contribution in [3.63, 3.8) is 0 Å². The minimum atomic E-state index is 0.524. The molecule has 0 atom stereocenters. The molecule has 0 aliphatic carbocycles. The van der Waals surface area contributed by atoms with E-state index in [2.05, 4.69) is 44.0 Å². The number of hydrogen-bond acceptors (Lipinski definition) is 8. The Hall–Kier alpha value is -3.49. The van der Waals surface area contributed by atoms with Gasteiger partial charge in [-0.3, -0.25) is 9.98 Å². The summed E-state index contributed by atoms with van der Waals surface area (Å²) in [7, 11) is 4.08. The first kappa shape index (κ1) is 22.3. The number of hydrogen-bond donors (Lipinski definition) is 0. The highest BCUT2D eigenvalue weighted by Gasteiger charge is 2.22. The lowest BCUT2D eigenvalue weighted by Gasteiger charge is -2.30. The molecule has 3 aromatic rings. The van der Waals surface area contributed by atoms with Crippen molar-refractivity contribution in [2.75, 3.05) is 70.0 Å². The van der Waals surface area contributed by atoms with E-state index in [1.54, 1.807) is 0 Å². The highest BCUT2D eigenvalue weighted by atomic mass is 16.5. The van der Waals surface area contributed by atoms with Crippen molar-refractivity contribution in [3.8, 4) is 17.0 Å². The topological polar surface area (TPSA) is 66.3 Å². The van der Waals surface area contributed by atoms with E-state index in [-0.39, 0.29) is 0 Å². The quantitative estimate of drug-likeness (QED) is 0.537. The first-order valence-electron chi connectivity index (χ1n) is 11.6. The molecule has 0 bridgehead atoms. The zero-order chi connectivity index (χ0) is 23.3. The second-order valence-electron chi connectivity index (χ2n) is 8.63. The fraction of sp³-hybridized carbons (Fsp3) is 0.346. The molecule has 34 heavy (non-hydrogen) atoms. The van der Waals surface area contributed by atoms with Crippen molar-refractivity contribution in [2.45, 2.75) is 0 Å². The zero-order valence-corrected chi connectivity index (χ0v) is 19.7. The molecular formula is C26H30N6O2. The Balaban J connectivity index is 1.40. The maximum absolute atomic E-state index is 5.86. The van der Waals surface area contributed by atoms with Gasteiger partial charge in [0.05, 0.1) is 36.5 Å². The third kappa shape index (κ3) is 4.88. The van der Waals surface area contributed by atoms with Gasteiger partial charge in [-0.25, -0.2) is 4.98 Å². The highest BCUT2D eigenvalue weighted by Crippen LogP contribution is 2.38. The van der Waals surface area contributed by atoms with E-state index in [0.29, 0.717) is 13.3 Å². The fourth-order valence-electron chi connectivity index (χ4n) is 4.14. The molecule has 8 nitrogen and oxygen atoms in total. The molecule has 0 unspecified atom stereocenters. The molecule has 2 aliphatic rings. The van der Waals surface area contributed by atoms with Crippen LogP contribution in [0.1, 0.15) is 5.56 Å². The number of likely N-dealkylation sites (N-methyl/N-ethyl adjacent to an activating group) is 1. The molecule has 2 aliphatic heterocycles. The predicted octanol–water partition coefficient (Wildman–Crippen LogP) is 3.45. The number of pyridine rings is 2. The third-order valence-corrected chi connectivity index (χ3v) is 5.99. The minimum Gasteiger partial charge on any atom is -0.492 e. The van der Waals surface area contributed by atoms with Crippen molar-refractivity contribution in [1.82, 2.24) is 14.9 Å². The third-order valence-electron chi connectivity index (χ3n) is 5.99. The van der Waals surface area contributed by atoms with E-state index < -0.39 is 0 Å². The van der Waals surface area contributed by atoms with E-state index in [4.69, 9.17) is 19.4 Å². The summed E-state index contributed by atoms with van der Waals surface area (Å²) >= 11 is 0. The summed E-state index contributed by atoms with van der Waals surface area (Å²) in [5.74, 6) is 1.83. The fourth-order valence-corrected chi connectivity index (χ4v) is 4.14. The van der Waals surface area contributed by atoms with Gasteiger partial charge in [0.1, 0.15) is 24.8 Å². The van der Waals surface area contributed by atoms with Gasteiger partial charge in [-0.1, -0.05) is 0 Å². The van der Waals surface area contributed by atoms with E-state index >= 15 is 0 Å². The zero-order valence-electron chi connectivity index (χ0n) is 19.7. The van der Waals surface area contributed by atoms with Crippen LogP contribution >= 0.6 is 0 Å². The molecule has 1 fully saturated rings. The average molecular weight is 459 g/mol. The number of aliphatic imine (C=N–C) groups is 1. The lowest BCUT2D eigenvalue weighted by Crippen LogP contribution is -2.36. The largest absolute Gasteiger partial charge is 0.492 e. The van der Waals surface area contributed by atoms with Crippen LogP contribution in [0.3, 0.4) is 0 Å². The summed E-state index contributed by atoms with van der Waals surface area (Å²) in [5.41, 5.74) is 5.03. The molecule has 1 saturated heterocycles. The van der Waals surface area contributed by atoms with Gasteiger partial charge in [0.25, 0.3) is 0 Å². The number of benzene rings is 1. The molecule has 0 radical (unpaired) electrons. The van der Waals surface area contributed by atoms with Crippen LogP contribution in [0.4, 0.5) is 17.2 Å². The predicted molar refractivity (Wildman–Crippen MR) is 136 cm³/mol. The maximum Gasteiger partial charge on any atom is 0.128 e. The molecule has 4 heterocycles. The van der Waals surface area contributed by atoms with Crippen molar-refractivity contribution < 1.29 is 9.47 Å². The van der Waals surface area contributed by atoms with Crippen molar-refractivity contribution in [1.29, 1.82) is 0 Å². The Bertz CT molecular complexity index is 1130. The van der Waals surface area contributed by atoms with Gasteiger partial charge in [-0.2, -0.15) is 0 Å². The van der Waals surface area contributed by atoms with Gasteiger partial charge < -0.3 is 24.2 Å². The SMILES string of the molecule is CN(C)CCOc1ccc(-c2nccc3c2N(c2ccc(N4CCOCC4)nc2)CN=C3)cc1. The Morgan fingerprint density at radius 1 is 1.00 bits per heavy atom. The van der Waals surface area contributed by atoms with E-state index in [1.165, 1.54) is 0 Å². The summed E-state index contributed by atoms with van der Waals surface area (Å²) in [5, 5.41) is 0. The van der Waals surface area contributed by atoms with Gasteiger partial charge in [0.2, 0.25) is 0 Å². The highest BCUT2D eigenvalue weighted by molar-refractivity contribution is 5.97. The Labute approximate surface area is 200 Å². The standard InChI is InChI=1S/C26H30N6O2/c1-30(2)11-16-34-23-6-3-20(4-7-23)25-26-21(9-10-28-25)17-27-19-32(26)22-5-8-24(29-18-22)31-12-14-33-15-13-31/h3-10,17-18H,11-16,19H2,1-2H3. The van der Waals surface area contributed by atoms with E-state index in [0.717, 1.165) is 72.6 Å². The lowest BCUT2D eigenvalue weighted by molar-refractivity contribution is 0.122. The first-order chi connectivity index (χ1) is 16.7. The van der Waals surface area contributed by atoms with Gasteiger partial charge in [0, 0.05) is 43.2 Å². The van der Waals surface area contributed by atoms with Crippen LogP contribution in [-0.4, -0.2) is 81.3 Å². The molecule has 8 heteroatoms. The number of anilines is 3. The maximum atomic E-state index is 5.86. The molecule has 1 aromatic carbocycles. The van der Waals surface area contributed by atoms with Crippen LogP contribution < -0.4 is 14.5 Å². The Morgan fingerprint density at radius 2 is 1.82 bits per heavy atom. The lowest BCUT2D eigenvalue weighted by atomic mass is 10.0. The number of aromatic nitrogens is 2. The number of rotatable bonds is 7. The molecule has 0 spiro atoms. The molecule has 0 N–H and O–H groups in total. The van der Waals surface area contributed by atoms with Gasteiger partial charge in [0.15, 0.2) is 0 Å². The summed E-state index contributed by atoms with van der Waals surface area (Å²) in [6.07, 6.45) is 5.68. The van der Waals surface area contributed by atoms with Crippen LogP contribution in [0, 0.1) is 0 Å². The van der Waals surface area contributed by atoms with Crippen LogP contribution in [-0.2, 0) is 4.74 Å². The molecule has 5 rings (SSSR count). The minimum absolute atomic E-state index is 0.524. The number of ether oxygens (including phenoxy) is 2. The van der Waals surface area contributed by atoms with Gasteiger partial charge in [-0.15, -0.1) is 0 Å². The monoisotopic (exact) mass is 458 g/mol. The smallest absolute Gasteiger partial charge is 0.128 e. The van der Waals surface area contributed by atoms with Crippen molar-refractivity contribution >= 4 is 23.4 Å². The summed E-state index contributed by atoms with van der Waals surface area (Å²) < 4.78 is 11.3. The van der Waals surface area contributed by atoms with Crippen molar-refractivity contribution in [3.05, 3.63) is 60.4 Å². The van der Waals surface area contributed by atoms with E-state index in [1.807, 2.05) is 50.9 Å². The van der Waals surface area contributed by atoms with Gasteiger partial charge in [-0.05, 0) is 56.6 Å². The Kier molecular flexibility index (Phi) is 6.69. The number of morpholine rings is 1. The van der Waals surface area contributed by atoms with Crippen LogP contribution in [0.5, 0.6) is 5.75 Å². The van der Waals surface area contributed by atoms with Crippen LogP contribution in [0.2, 0.25) is 0 Å². The molecule has 0 saturated carbocycles. The second-order valence-corrected chi connectivity index (χ2v) is 8.63. The molecule has 2 aromatic heterocycles. The average Bonchev–Trinajstić information content (AvgIpc) is 2.89. The summed E-state index contributed by atoms with van der Waals surface area (Å²) in [6, 6.07) is 14.3. The molecule has 176 valence electrons. The normalized spacial score (nSPS) is 15.5. The van der Waals surface area contributed by atoms with Gasteiger partial charge >= 0.3 is 0 Å². The van der Waals surface area contributed by atoms with Crippen LogP contribution in [0.25, 0.3) is 11.3 Å².